The third-order valence-corrected chi connectivity index (χ3v) is 6.55. The Bertz CT molecular complexity index is 1030. The smallest absolute Gasteiger partial charge is 0.141 e. The summed E-state index contributed by atoms with van der Waals surface area (Å²) in [5.74, 6) is 1.83. The van der Waals surface area contributed by atoms with Crippen LogP contribution < -0.4 is 9.64 Å². The van der Waals surface area contributed by atoms with Crippen molar-refractivity contribution in [1.29, 1.82) is 0 Å². The predicted octanol–water partition coefficient (Wildman–Crippen LogP) is 4.14. The minimum atomic E-state index is -0.278. The number of fused-ring (bicyclic) bond motifs is 1. The number of benzene rings is 1. The minimum absolute atomic E-state index is 0.269. The van der Waals surface area contributed by atoms with E-state index < -0.39 is 0 Å². The van der Waals surface area contributed by atoms with E-state index in [2.05, 4.69) is 41.2 Å². The summed E-state index contributed by atoms with van der Waals surface area (Å²) in [7, 11) is 1.68. The fourth-order valence-corrected chi connectivity index (χ4v) is 5.45. The van der Waals surface area contributed by atoms with E-state index in [1.807, 2.05) is 12.1 Å². The van der Waals surface area contributed by atoms with Crippen LogP contribution >= 0.6 is 11.3 Å². The van der Waals surface area contributed by atoms with Crippen LogP contribution in [-0.4, -0.2) is 54.6 Å². The van der Waals surface area contributed by atoms with Crippen LogP contribution in [0.3, 0.4) is 0 Å². The fourth-order valence-electron chi connectivity index (χ4n) is 4.54. The molecule has 2 aliphatic heterocycles. The van der Waals surface area contributed by atoms with Gasteiger partial charge in [0.15, 0.2) is 0 Å². The molecule has 2 aromatic heterocycles. The Morgan fingerprint density at radius 2 is 1.97 bits per heavy atom. The van der Waals surface area contributed by atoms with Crippen LogP contribution in [0.2, 0.25) is 0 Å². The van der Waals surface area contributed by atoms with E-state index in [9.17, 15) is 0 Å². The third-order valence-electron chi connectivity index (χ3n) is 5.66. The van der Waals surface area contributed by atoms with E-state index in [1.54, 1.807) is 24.8 Å². The van der Waals surface area contributed by atoms with Crippen molar-refractivity contribution < 1.29 is 14.2 Å². The van der Waals surface area contributed by atoms with E-state index in [4.69, 9.17) is 19.2 Å². The maximum absolute atomic E-state index is 6.49. The van der Waals surface area contributed by atoms with E-state index in [1.165, 1.54) is 0 Å². The number of rotatable bonds is 3. The molecule has 3 aromatic rings. The zero-order chi connectivity index (χ0) is 20.1. The van der Waals surface area contributed by atoms with Gasteiger partial charge in [0.2, 0.25) is 0 Å². The van der Waals surface area contributed by atoms with Crippen LogP contribution in [0.5, 0.6) is 5.75 Å². The van der Waals surface area contributed by atoms with Gasteiger partial charge in [0.1, 0.15) is 28.3 Å². The highest BCUT2D eigenvalue weighted by Gasteiger charge is 2.47. The van der Waals surface area contributed by atoms with Gasteiger partial charge in [-0.05, 0) is 31.5 Å². The van der Waals surface area contributed by atoms with Crippen molar-refractivity contribution >= 4 is 27.4 Å². The predicted molar refractivity (Wildman–Crippen MR) is 115 cm³/mol. The van der Waals surface area contributed by atoms with Crippen LogP contribution in [0.25, 0.3) is 21.3 Å². The van der Waals surface area contributed by atoms with Crippen LogP contribution in [0.1, 0.15) is 20.3 Å². The first-order chi connectivity index (χ1) is 14.0. The lowest BCUT2D eigenvalue weighted by Gasteiger charge is -2.48. The molecular weight excluding hydrogens is 386 g/mol. The van der Waals surface area contributed by atoms with Gasteiger partial charge in [0.25, 0.3) is 0 Å². The first-order valence-corrected chi connectivity index (χ1v) is 10.8. The Labute approximate surface area is 174 Å². The molecule has 1 atom stereocenters. The average Bonchev–Trinajstić information content (AvgIpc) is 3.33. The lowest BCUT2D eigenvalue weighted by atomic mass is 9.94. The molecule has 1 spiro atoms. The number of morpholine rings is 1. The number of anilines is 1. The highest BCUT2D eigenvalue weighted by atomic mass is 32.1. The SMILES string of the molecule is COc1ccc(-c2csc3ncnc(N4CC(C)(C)OC5(CCOC5)C4)c23)cc1. The maximum atomic E-state index is 6.49. The summed E-state index contributed by atoms with van der Waals surface area (Å²) >= 11 is 1.66. The van der Waals surface area contributed by atoms with Gasteiger partial charge in [0.05, 0.1) is 31.2 Å². The second-order valence-electron chi connectivity index (χ2n) is 8.46. The quantitative estimate of drug-likeness (QED) is 0.646. The first kappa shape index (κ1) is 18.8. The van der Waals surface area contributed by atoms with Crippen molar-refractivity contribution in [2.45, 2.75) is 31.5 Å². The summed E-state index contributed by atoms with van der Waals surface area (Å²) < 4.78 is 17.5. The second-order valence-corrected chi connectivity index (χ2v) is 9.32. The van der Waals surface area contributed by atoms with Crippen molar-refractivity contribution in [3.05, 3.63) is 36.0 Å². The Morgan fingerprint density at radius 3 is 2.69 bits per heavy atom. The zero-order valence-electron chi connectivity index (χ0n) is 17.0. The van der Waals surface area contributed by atoms with Crippen molar-refractivity contribution in [3.63, 3.8) is 0 Å². The molecule has 152 valence electrons. The second kappa shape index (κ2) is 6.93. The molecule has 2 aliphatic rings. The molecule has 0 N–H and O–H groups in total. The molecule has 1 aromatic carbocycles. The Hall–Kier alpha value is -2.22. The van der Waals surface area contributed by atoms with Gasteiger partial charge in [-0.2, -0.15) is 0 Å². The topological polar surface area (TPSA) is 56.7 Å². The molecular formula is C22H25N3O3S. The average molecular weight is 412 g/mol. The molecule has 0 bridgehead atoms. The molecule has 0 radical (unpaired) electrons. The van der Waals surface area contributed by atoms with Gasteiger partial charge in [-0.3, -0.25) is 0 Å². The highest BCUT2D eigenvalue weighted by molar-refractivity contribution is 7.17. The molecule has 5 rings (SSSR count). The summed E-state index contributed by atoms with van der Waals surface area (Å²) in [4.78, 5) is 12.6. The molecule has 0 amide bonds. The molecule has 6 nitrogen and oxygen atoms in total. The summed E-state index contributed by atoms with van der Waals surface area (Å²) in [5.41, 5.74) is 1.75. The molecule has 2 fully saturated rings. The summed E-state index contributed by atoms with van der Waals surface area (Å²) in [5, 5.41) is 3.28. The zero-order valence-corrected chi connectivity index (χ0v) is 17.8. The fraction of sp³-hybridized carbons (Fsp3) is 0.455. The molecule has 7 heteroatoms. The normalized spacial score (nSPS) is 23.8. The molecule has 2 saturated heterocycles. The highest BCUT2D eigenvalue weighted by Crippen LogP contribution is 2.42. The molecule has 0 aliphatic carbocycles. The number of hydrogen-bond donors (Lipinski definition) is 0. The summed E-state index contributed by atoms with van der Waals surface area (Å²) in [6, 6.07) is 8.16. The molecule has 29 heavy (non-hydrogen) atoms. The Kier molecular flexibility index (Phi) is 4.49. The van der Waals surface area contributed by atoms with Crippen LogP contribution in [0.4, 0.5) is 5.82 Å². The Balaban J connectivity index is 1.60. The van der Waals surface area contributed by atoms with Gasteiger partial charge < -0.3 is 19.1 Å². The number of methoxy groups -OCH3 is 1. The molecule has 0 saturated carbocycles. The first-order valence-electron chi connectivity index (χ1n) is 9.88. The number of nitrogens with zero attached hydrogens (tertiary/aromatic N) is 3. The number of hydrogen-bond acceptors (Lipinski definition) is 7. The van der Waals surface area contributed by atoms with Crippen molar-refractivity contribution in [2.75, 3.05) is 38.3 Å². The van der Waals surface area contributed by atoms with Gasteiger partial charge >= 0.3 is 0 Å². The molecule has 4 heterocycles. The number of aromatic nitrogens is 2. The number of ether oxygens (including phenoxy) is 3. The lowest BCUT2D eigenvalue weighted by Crippen LogP contribution is -2.60. The van der Waals surface area contributed by atoms with Crippen LogP contribution in [0, 0.1) is 0 Å². The van der Waals surface area contributed by atoms with Gasteiger partial charge in [-0.1, -0.05) is 12.1 Å². The monoisotopic (exact) mass is 411 g/mol. The third kappa shape index (κ3) is 3.37. The van der Waals surface area contributed by atoms with Gasteiger partial charge in [-0.15, -0.1) is 11.3 Å². The lowest BCUT2D eigenvalue weighted by molar-refractivity contribution is -0.151. The minimum Gasteiger partial charge on any atom is -0.497 e. The van der Waals surface area contributed by atoms with Crippen molar-refractivity contribution in [3.8, 4) is 16.9 Å². The van der Waals surface area contributed by atoms with Crippen LogP contribution in [0.15, 0.2) is 36.0 Å². The van der Waals surface area contributed by atoms with Gasteiger partial charge in [-0.25, -0.2) is 9.97 Å². The van der Waals surface area contributed by atoms with Crippen LogP contribution in [-0.2, 0) is 9.47 Å². The summed E-state index contributed by atoms with van der Waals surface area (Å²) in [6.45, 7) is 7.24. The van der Waals surface area contributed by atoms with E-state index in [-0.39, 0.29) is 11.2 Å². The molecule has 1 unspecified atom stereocenters. The van der Waals surface area contributed by atoms with Gasteiger partial charge in [0, 0.05) is 30.5 Å². The van der Waals surface area contributed by atoms with E-state index >= 15 is 0 Å². The summed E-state index contributed by atoms with van der Waals surface area (Å²) in [6.07, 6.45) is 2.59. The maximum Gasteiger partial charge on any atom is 0.141 e. The van der Waals surface area contributed by atoms with E-state index in [0.717, 1.165) is 59.0 Å². The van der Waals surface area contributed by atoms with Crippen molar-refractivity contribution in [2.24, 2.45) is 0 Å². The largest absolute Gasteiger partial charge is 0.497 e. The Morgan fingerprint density at radius 1 is 1.14 bits per heavy atom. The van der Waals surface area contributed by atoms with Crippen molar-refractivity contribution in [1.82, 2.24) is 9.97 Å². The number of thiophene rings is 1. The van der Waals surface area contributed by atoms with E-state index in [0.29, 0.717) is 6.61 Å². The standard InChI is InChI=1S/C22H25N3O3S/c1-21(2)11-25(12-22(28-21)8-9-27-13-22)19-18-17(10-29-20(18)24-14-23-19)15-4-6-16(26-3)7-5-15/h4-7,10,14H,8-9,11-13H2,1-3H3.